The van der Waals surface area contributed by atoms with Gasteiger partial charge >= 0.3 is 0 Å². The summed E-state index contributed by atoms with van der Waals surface area (Å²) < 4.78 is 12.1. The number of rotatable bonds is 5. The summed E-state index contributed by atoms with van der Waals surface area (Å²) in [5.41, 5.74) is 3.49. The molecule has 176 valence electrons. The highest BCUT2D eigenvalue weighted by molar-refractivity contribution is 6.51. The topological polar surface area (TPSA) is 111 Å². The third kappa shape index (κ3) is 3.57. The van der Waals surface area contributed by atoms with Crippen molar-refractivity contribution in [1.29, 1.82) is 0 Å². The molecule has 2 aromatic carbocycles. The number of carbonyl (C=O) groups is 2. The van der Waals surface area contributed by atoms with E-state index in [1.165, 1.54) is 24.5 Å². The highest BCUT2D eigenvalue weighted by atomic mass is 16.5. The van der Waals surface area contributed by atoms with E-state index in [1.54, 1.807) is 73.3 Å². The molecule has 0 radical (unpaired) electrons. The number of aliphatic hydroxyl groups is 1. The number of hydrogen-bond donors (Lipinski definition) is 1. The van der Waals surface area contributed by atoms with Gasteiger partial charge in [-0.3, -0.25) is 19.2 Å². The maximum absolute atomic E-state index is 13.4. The molecule has 0 saturated carbocycles. The van der Waals surface area contributed by atoms with Gasteiger partial charge in [-0.1, -0.05) is 35.5 Å². The Balaban J connectivity index is 1.70. The number of ether oxygens (including phenoxy) is 1. The molecule has 1 fully saturated rings. The second-order valence-corrected chi connectivity index (χ2v) is 8.11. The van der Waals surface area contributed by atoms with Gasteiger partial charge in [0.25, 0.3) is 11.7 Å². The molecule has 0 spiro atoms. The number of benzene rings is 2. The Kier molecular flexibility index (Phi) is 5.44. The number of aromatic nitrogens is 3. The van der Waals surface area contributed by atoms with Crippen LogP contribution >= 0.6 is 0 Å². The predicted molar refractivity (Wildman–Crippen MR) is 128 cm³/mol. The van der Waals surface area contributed by atoms with E-state index in [0.29, 0.717) is 34.0 Å². The van der Waals surface area contributed by atoms with Crippen LogP contribution in [0.4, 0.5) is 5.69 Å². The third-order valence-corrected chi connectivity index (χ3v) is 6.25. The van der Waals surface area contributed by atoms with Crippen LogP contribution in [-0.4, -0.2) is 38.8 Å². The lowest BCUT2D eigenvalue weighted by Gasteiger charge is -2.26. The van der Waals surface area contributed by atoms with E-state index in [-0.39, 0.29) is 11.3 Å². The van der Waals surface area contributed by atoms with Crippen molar-refractivity contribution < 1.29 is 24.0 Å². The van der Waals surface area contributed by atoms with Crippen LogP contribution < -0.4 is 9.64 Å². The quantitative estimate of drug-likeness (QED) is 0.266. The van der Waals surface area contributed by atoms with Crippen LogP contribution in [0.5, 0.6) is 5.75 Å². The largest absolute Gasteiger partial charge is 0.507 e. The molecular formula is C26H22N4O5. The number of ketones is 1. The van der Waals surface area contributed by atoms with E-state index in [2.05, 4.69) is 10.3 Å². The molecule has 0 bridgehead atoms. The lowest BCUT2D eigenvalue weighted by Crippen LogP contribution is -2.29. The fraction of sp³-hybridized carbons (Fsp3) is 0.154. The summed E-state index contributed by atoms with van der Waals surface area (Å²) >= 11 is 0. The molecule has 3 heterocycles. The molecule has 1 aliphatic rings. The fourth-order valence-electron chi connectivity index (χ4n) is 4.32. The minimum atomic E-state index is -0.913. The number of amides is 1. The fourth-order valence-corrected chi connectivity index (χ4v) is 4.32. The maximum atomic E-state index is 13.4. The van der Waals surface area contributed by atoms with Gasteiger partial charge in [0.05, 0.1) is 30.5 Å². The maximum Gasteiger partial charge on any atom is 0.300 e. The van der Waals surface area contributed by atoms with E-state index in [9.17, 15) is 14.7 Å². The van der Waals surface area contributed by atoms with Crippen LogP contribution in [0.15, 0.2) is 77.2 Å². The zero-order valence-corrected chi connectivity index (χ0v) is 19.3. The van der Waals surface area contributed by atoms with Crippen LogP contribution in [0.2, 0.25) is 0 Å². The molecule has 4 aromatic rings. The van der Waals surface area contributed by atoms with Crippen molar-refractivity contribution in [2.24, 2.45) is 7.05 Å². The molecule has 1 atom stereocenters. The Morgan fingerprint density at radius 3 is 2.46 bits per heavy atom. The lowest BCUT2D eigenvalue weighted by atomic mass is 9.94. The van der Waals surface area contributed by atoms with Gasteiger partial charge in [-0.15, -0.1) is 0 Å². The molecule has 9 heteroatoms. The molecule has 1 amide bonds. The number of aryl methyl sites for hydroxylation is 1. The SMILES string of the molecule is COc1ccccc1C1/C(=C(/O)c2cnn(C)c2C)C(=O)C(=O)N1c1ccc(-c2ccon2)cc1. The second kappa shape index (κ2) is 8.60. The van der Waals surface area contributed by atoms with Gasteiger partial charge in [0.1, 0.15) is 23.5 Å². The predicted octanol–water partition coefficient (Wildman–Crippen LogP) is 4.02. The van der Waals surface area contributed by atoms with Crippen LogP contribution in [0, 0.1) is 6.92 Å². The number of hydrogen-bond acceptors (Lipinski definition) is 7. The van der Waals surface area contributed by atoms with Crippen LogP contribution in [-0.2, 0) is 16.6 Å². The molecule has 1 N–H and O–H groups in total. The summed E-state index contributed by atoms with van der Waals surface area (Å²) in [4.78, 5) is 28.1. The summed E-state index contributed by atoms with van der Waals surface area (Å²) in [7, 11) is 3.25. The first-order valence-corrected chi connectivity index (χ1v) is 10.9. The first kappa shape index (κ1) is 22.1. The van der Waals surface area contributed by atoms with Gasteiger partial charge in [0, 0.05) is 35.6 Å². The van der Waals surface area contributed by atoms with E-state index in [1.807, 2.05) is 0 Å². The standard InChI is InChI=1S/C26H22N4O5/c1-15-19(14-27-29(15)2)24(31)22-23(18-6-4-5-7-21(18)34-3)30(26(33)25(22)32)17-10-8-16(9-11-17)20-12-13-35-28-20/h4-14,23,31H,1-3H3/b24-22-. The molecule has 1 saturated heterocycles. The van der Waals surface area contributed by atoms with E-state index in [4.69, 9.17) is 9.26 Å². The lowest BCUT2D eigenvalue weighted by molar-refractivity contribution is -0.132. The van der Waals surface area contributed by atoms with E-state index < -0.39 is 17.7 Å². The summed E-state index contributed by atoms with van der Waals surface area (Å²) in [6, 6.07) is 15.0. The summed E-state index contributed by atoms with van der Waals surface area (Å²) in [6.45, 7) is 1.78. The van der Waals surface area contributed by atoms with Crippen molar-refractivity contribution in [2.45, 2.75) is 13.0 Å². The van der Waals surface area contributed by atoms with Crippen LogP contribution in [0.1, 0.15) is 22.9 Å². The summed E-state index contributed by atoms with van der Waals surface area (Å²) in [5.74, 6) is -1.34. The zero-order chi connectivity index (χ0) is 24.7. The number of anilines is 1. The Bertz CT molecular complexity index is 1450. The van der Waals surface area contributed by atoms with Crippen molar-refractivity contribution in [1.82, 2.24) is 14.9 Å². The Hall–Kier alpha value is -4.66. The first-order valence-electron chi connectivity index (χ1n) is 10.9. The van der Waals surface area contributed by atoms with E-state index >= 15 is 0 Å². The smallest absolute Gasteiger partial charge is 0.300 e. The summed E-state index contributed by atoms with van der Waals surface area (Å²) in [5, 5.41) is 19.4. The van der Waals surface area contributed by atoms with Crippen LogP contribution in [0.25, 0.3) is 17.0 Å². The highest BCUT2D eigenvalue weighted by Crippen LogP contribution is 2.45. The van der Waals surface area contributed by atoms with Gasteiger partial charge < -0.3 is 14.4 Å². The van der Waals surface area contributed by atoms with Gasteiger partial charge in [0.2, 0.25) is 0 Å². The molecule has 1 aliphatic heterocycles. The summed E-state index contributed by atoms with van der Waals surface area (Å²) in [6.07, 6.45) is 2.95. The highest BCUT2D eigenvalue weighted by Gasteiger charge is 2.48. The van der Waals surface area contributed by atoms with Crippen molar-refractivity contribution in [3.8, 4) is 17.0 Å². The molecule has 2 aromatic heterocycles. The van der Waals surface area contributed by atoms with E-state index in [0.717, 1.165) is 5.56 Å². The zero-order valence-electron chi connectivity index (χ0n) is 19.3. The minimum Gasteiger partial charge on any atom is -0.507 e. The van der Waals surface area contributed by atoms with Crippen molar-refractivity contribution in [3.63, 3.8) is 0 Å². The van der Waals surface area contributed by atoms with Gasteiger partial charge in [0.15, 0.2) is 0 Å². The average Bonchev–Trinajstić information content (AvgIpc) is 3.59. The van der Waals surface area contributed by atoms with Gasteiger partial charge in [-0.05, 0) is 25.1 Å². The number of nitrogens with zero attached hydrogens (tertiary/aromatic N) is 4. The number of Topliss-reactive ketones (excluding diaryl/α,β-unsaturated/α-hetero) is 1. The second-order valence-electron chi connectivity index (χ2n) is 8.11. The third-order valence-electron chi connectivity index (χ3n) is 6.25. The number of carbonyl (C=O) groups excluding carboxylic acids is 2. The van der Waals surface area contributed by atoms with Crippen LogP contribution in [0.3, 0.4) is 0 Å². The molecule has 0 aliphatic carbocycles. The molecule has 35 heavy (non-hydrogen) atoms. The Morgan fingerprint density at radius 2 is 1.83 bits per heavy atom. The van der Waals surface area contributed by atoms with Gasteiger partial charge in [-0.2, -0.15) is 5.10 Å². The minimum absolute atomic E-state index is 0.0313. The Labute approximate surface area is 200 Å². The Morgan fingerprint density at radius 1 is 1.09 bits per heavy atom. The molecular weight excluding hydrogens is 448 g/mol. The van der Waals surface area contributed by atoms with Crippen molar-refractivity contribution >= 4 is 23.1 Å². The normalized spacial score (nSPS) is 17.2. The molecule has 1 unspecified atom stereocenters. The average molecular weight is 470 g/mol. The first-order chi connectivity index (χ1) is 16.9. The molecule has 9 nitrogen and oxygen atoms in total. The monoisotopic (exact) mass is 470 g/mol. The van der Waals surface area contributed by atoms with Crippen molar-refractivity contribution in [2.75, 3.05) is 12.0 Å². The number of aliphatic hydroxyl groups excluding tert-OH is 1. The number of methoxy groups -OCH3 is 1. The number of para-hydroxylation sites is 1. The molecule has 5 rings (SSSR count). The van der Waals surface area contributed by atoms with Crippen molar-refractivity contribution in [3.05, 3.63) is 89.5 Å². The van der Waals surface area contributed by atoms with Gasteiger partial charge in [-0.25, -0.2) is 0 Å².